The first-order valence-electron chi connectivity index (χ1n) is 6.34. The summed E-state index contributed by atoms with van der Waals surface area (Å²) in [4.78, 5) is 12.7. The van der Waals surface area contributed by atoms with Gasteiger partial charge in [-0.25, -0.2) is 0 Å². The zero-order valence-electron chi connectivity index (χ0n) is 10.2. The second-order valence-corrected chi connectivity index (χ2v) is 7.35. The molecule has 0 bridgehead atoms. The minimum absolute atomic E-state index is 0.0126. The van der Waals surface area contributed by atoms with Crippen molar-refractivity contribution in [3.8, 4) is 0 Å². The minimum Gasteiger partial charge on any atom is -0.391 e. The molecule has 1 heterocycles. The van der Waals surface area contributed by atoms with E-state index in [9.17, 15) is 9.90 Å². The fourth-order valence-corrected chi connectivity index (χ4v) is 3.88. The van der Waals surface area contributed by atoms with Crippen LogP contribution in [0.3, 0.4) is 0 Å². The number of amides is 1. The van der Waals surface area contributed by atoms with Crippen LogP contribution in [0.15, 0.2) is 15.9 Å². The number of carbonyl (C=O) groups is 1. The first-order valence-corrected chi connectivity index (χ1v) is 7.95. The normalized spacial score (nSPS) is 17.9. The van der Waals surface area contributed by atoms with Crippen molar-refractivity contribution in [3.63, 3.8) is 0 Å². The predicted octanol–water partition coefficient (Wildman–Crippen LogP) is 2.72. The number of halogens is 1. The van der Waals surface area contributed by atoms with Gasteiger partial charge >= 0.3 is 0 Å². The third-order valence-corrected chi connectivity index (χ3v) is 5.04. The average Bonchev–Trinajstić information content (AvgIpc) is 2.97. The van der Waals surface area contributed by atoms with Crippen molar-refractivity contribution in [2.24, 2.45) is 5.92 Å². The van der Waals surface area contributed by atoms with E-state index in [4.69, 9.17) is 0 Å². The Labute approximate surface area is 120 Å². The fraction of sp³-hybridized carbons (Fsp3) is 0.615. The van der Waals surface area contributed by atoms with Crippen LogP contribution in [-0.4, -0.2) is 23.7 Å². The van der Waals surface area contributed by atoms with Crippen molar-refractivity contribution in [1.82, 2.24) is 5.32 Å². The van der Waals surface area contributed by atoms with E-state index in [1.807, 2.05) is 12.1 Å². The van der Waals surface area contributed by atoms with E-state index in [1.54, 1.807) is 11.3 Å². The first-order chi connectivity index (χ1) is 8.65. The van der Waals surface area contributed by atoms with E-state index in [-0.39, 0.29) is 12.0 Å². The van der Waals surface area contributed by atoms with Gasteiger partial charge in [0.15, 0.2) is 0 Å². The molecule has 1 aromatic rings. The monoisotopic (exact) mass is 331 g/mol. The molecular formula is C13H18BrNO2S. The Morgan fingerprint density at radius 2 is 2.22 bits per heavy atom. The Bertz CT molecular complexity index is 401. The fourth-order valence-electron chi connectivity index (χ4n) is 2.39. The SMILES string of the molecule is O=C(Cc1ccc(Br)s1)NCC(O)C1CCCC1. The summed E-state index contributed by atoms with van der Waals surface area (Å²) in [5.41, 5.74) is 0. The van der Waals surface area contributed by atoms with Crippen LogP contribution in [0.1, 0.15) is 30.6 Å². The summed E-state index contributed by atoms with van der Waals surface area (Å²) in [5.74, 6) is 0.363. The molecule has 1 aromatic heterocycles. The van der Waals surface area contributed by atoms with Gasteiger partial charge in [0.05, 0.1) is 16.3 Å². The molecule has 3 nitrogen and oxygen atoms in total. The van der Waals surface area contributed by atoms with Crippen LogP contribution in [0, 0.1) is 5.92 Å². The molecule has 0 spiro atoms. The van der Waals surface area contributed by atoms with Crippen LogP contribution >= 0.6 is 27.3 Å². The van der Waals surface area contributed by atoms with Gasteiger partial charge in [0.1, 0.15) is 0 Å². The van der Waals surface area contributed by atoms with Crippen LogP contribution in [0.25, 0.3) is 0 Å². The van der Waals surface area contributed by atoms with Crippen molar-refractivity contribution in [3.05, 3.63) is 20.8 Å². The zero-order valence-corrected chi connectivity index (χ0v) is 12.6. The van der Waals surface area contributed by atoms with Gasteiger partial charge in [-0.15, -0.1) is 11.3 Å². The van der Waals surface area contributed by atoms with E-state index in [1.165, 1.54) is 12.8 Å². The second kappa shape index (κ2) is 6.68. The summed E-state index contributed by atoms with van der Waals surface area (Å²) >= 11 is 4.94. The van der Waals surface area contributed by atoms with Crippen molar-refractivity contribution >= 4 is 33.2 Å². The van der Waals surface area contributed by atoms with Crippen LogP contribution in [0.2, 0.25) is 0 Å². The van der Waals surface area contributed by atoms with Gasteiger partial charge in [-0.05, 0) is 46.8 Å². The Morgan fingerprint density at radius 3 is 2.83 bits per heavy atom. The molecule has 100 valence electrons. The van der Waals surface area contributed by atoms with Crippen molar-refractivity contribution in [2.45, 2.75) is 38.2 Å². The maximum absolute atomic E-state index is 11.7. The van der Waals surface area contributed by atoms with Gasteiger partial charge in [-0.2, -0.15) is 0 Å². The lowest BCUT2D eigenvalue weighted by molar-refractivity contribution is -0.121. The average molecular weight is 332 g/mol. The molecular weight excluding hydrogens is 314 g/mol. The smallest absolute Gasteiger partial charge is 0.225 e. The Balaban J connectivity index is 1.71. The number of rotatable bonds is 5. The molecule has 1 fully saturated rings. The highest BCUT2D eigenvalue weighted by Crippen LogP contribution is 2.27. The number of thiophene rings is 1. The van der Waals surface area contributed by atoms with Gasteiger partial charge in [0, 0.05) is 11.4 Å². The highest BCUT2D eigenvalue weighted by atomic mass is 79.9. The van der Waals surface area contributed by atoms with Crippen LogP contribution in [-0.2, 0) is 11.2 Å². The summed E-state index contributed by atoms with van der Waals surface area (Å²) in [6.07, 6.45) is 4.61. The van der Waals surface area contributed by atoms with Gasteiger partial charge in [0.2, 0.25) is 5.91 Å². The van der Waals surface area contributed by atoms with Gasteiger partial charge < -0.3 is 10.4 Å². The molecule has 0 saturated heterocycles. The molecule has 0 radical (unpaired) electrons. The van der Waals surface area contributed by atoms with Gasteiger partial charge in [-0.1, -0.05) is 12.8 Å². The molecule has 2 N–H and O–H groups in total. The van der Waals surface area contributed by atoms with E-state index >= 15 is 0 Å². The maximum Gasteiger partial charge on any atom is 0.225 e. The second-order valence-electron chi connectivity index (χ2n) is 4.80. The Kier molecular flexibility index (Phi) is 5.21. The molecule has 1 amide bonds. The van der Waals surface area contributed by atoms with Crippen molar-refractivity contribution in [1.29, 1.82) is 0 Å². The summed E-state index contributed by atoms with van der Waals surface area (Å²) in [7, 11) is 0. The van der Waals surface area contributed by atoms with Gasteiger partial charge in [0.25, 0.3) is 0 Å². The standard InChI is InChI=1S/C13H18BrNO2S/c14-12-6-5-10(18-12)7-13(17)15-8-11(16)9-3-1-2-4-9/h5-6,9,11,16H,1-4,7-8H2,(H,15,17). The molecule has 1 saturated carbocycles. The molecule has 1 aliphatic carbocycles. The number of aliphatic hydroxyl groups excluding tert-OH is 1. The molecule has 1 aliphatic rings. The lowest BCUT2D eigenvalue weighted by Crippen LogP contribution is -2.36. The number of nitrogens with one attached hydrogen (secondary N) is 1. The number of carbonyl (C=O) groups excluding carboxylic acids is 1. The topological polar surface area (TPSA) is 49.3 Å². The van der Waals surface area contributed by atoms with Crippen LogP contribution in [0.5, 0.6) is 0 Å². The predicted molar refractivity (Wildman–Crippen MR) is 76.7 cm³/mol. The molecule has 1 unspecified atom stereocenters. The number of hydrogen-bond donors (Lipinski definition) is 2. The quantitative estimate of drug-likeness (QED) is 0.871. The third kappa shape index (κ3) is 4.07. The molecule has 18 heavy (non-hydrogen) atoms. The van der Waals surface area contributed by atoms with Crippen molar-refractivity contribution < 1.29 is 9.90 Å². The largest absolute Gasteiger partial charge is 0.391 e. The molecule has 5 heteroatoms. The summed E-state index contributed by atoms with van der Waals surface area (Å²) in [6.45, 7) is 0.385. The van der Waals surface area contributed by atoms with E-state index in [2.05, 4.69) is 21.2 Å². The molecule has 0 aliphatic heterocycles. The highest BCUT2D eigenvalue weighted by molar-refractivity contribution is 9.11. The first kappa shape index (κ1) is 14.0. The van der Waals surface area contributed by atoms with Crippen LogP contribution < -0.4 is 5.32 Å². The number of hydrogen-bond acceptors (Lipinski definition) is 3. The Hall–Kier alpha value is -0.390. The molecule has 0 aromatic carbocycles. The minimum atomic E-state index is -0.383. The van der Waals surface area contributed by atoms with E-state index in [0.717, 1.165) is 21.5 Å². The highest BCUT2D eigenvalue weighted by Gasteiger charge is 2.23. The lowest BCUT2D eigenvalue weighted by Gasteiger charge is -2.17. The number of aliphatic hydroxyl groups is 1. The lowest BCUT2D eigenvalue weighted by atomic mass is 10.0. The summed E-state index contributed by atoms with van der Waals surface area (Å²) < 4.78 is 1.04. The van der Waals surface area contributed by atoms with E-state index < -0.39 is 0 Å². The summed E-state index contributed by atoms with van der Waals surface area (Å²) in [6, 6.07) is 3.89. The molecule has 2 rings (SSSR count). The molecule has 1 atom stereocenters. The maximum atomic E-state index is 11.7. The van der Waals surface area contributed by atoms with Gasteiger partial charge in [-0.3, -0.25) is 4.79 Å². The third-order valence-electron chi connectivity index (χ3n) is 3.42. The van der Waals surface area contributed by atoms with Crippen LogP contribution in [0.4, 0.5) is 0 Å². The van der Waals surface area contributed by atoms with E-state index in [0.29, 0.717) is 18.9 Å². The zero-order chi connectivity index (χ0) is 13.0. The summed E-state index contributed by atoms with van der Waals surface area (Å²) in [5, 5.41) is 12.8. The Morgan fingerprint density at radius 1 is 1.50 bits per heavy atom. The van der Waals surface area contributed by atoms with Crippen molar-refractivity contribution in [2.75, 3.05) is 6.54 Å².